The van der Waals surface area contributed by atoms with E-state index in [-0.39, 0.29) is 5.97 Å². The topological polar surface area (TPSA) is 29.5 Å². The highest BCUT2D eigenvalue weighted by atomic mass is 16.5. The number of fused-ring (bicyclic) bond motifs is 1. The third-order valence-corrected chi connectivity index (χ3v) is 3.78. The van der Waals surface area contributed by atoms with E-state index >= 15 is 0 Å². The highest BCUT2D eigenvalue weighted by Crippen LogP contribution is 2.61. The van der Waals surface area contributed by atoms with E-state index in [1.54, 1.807) is 0 Å². The van der Waals surface area contributed by atoms with Gasteiger partial charge in [-0.3, -0.25) is 9.69 Å². The number of piperidine rings is 1. The number of rotatable bonds is 2. The molecule has 0 aromatic carbocycles. The number of hydrogen-bond donors (Lipinski definition) is 0. The smallest absolute Gasteiger partial charge is 0.319 e. The van der Waals surface area contributed by atoms with Crippen LogP contribution in [0.5, 0.6) is 0 Å². The average molecular weight is 183 g/mol. The first kappa shape index (κ1) is 9.00. The second kappa shape index (κ2) is 2.71. The SMILES string of the molecule is COC(=O)CN1CC2C(C1)C2(C)C. The first-order valence-corrected chi connectivity index (χ1v) is 4.85. The molecule has 0 N–H and O–H groups in total. The zero-order valence-electron chi connectivity index (χ0n) is 8.54. The number of carbonyl (C=O) groups is 1. The molecule has 1 aliphatic carbocycles. The summed E-state index contributed by atoms with van der Waals surface area (Å²) in [5.74, 6) is 1.52. The Bertz CT molecular complexity index is 223. The number of likely N-dealkylation sites (tertiary alicyclic amines) is 1. The molecule has 3 nitrogen and oxygen atoms in total. The zero-order chi connectivity index (χ0) is 9.64. The Labute approximate surface area is 79.0 Å². The molecule has 3 heteroatoms. The molecule has 0 amide bonds. The van der Waals surface area contributed by atoms with E-state index in [1.807, 2.05) is 0 Å². The summed E-state index contributed by atoms with van der Waals surface area (Å²) in [6, 6.07) is 0. The minimum atomic E-state index is -0.112. The van der Waals surface area contributed by atoms with Gasteiger partial charge in [-0.15, -0.1) is 0 Å². The highest BCUT2D eigenvalue weighted by Gasteiger charge is 2.61. The fourth-order valence-corrected chi connectivity index (χ4v) is 2.59. The van der Waals surface area contributed by atoms with E-state index in [9.17, 15) is 4.79 Å². The minimum Gasteiger partial charge on any atom is -0.468 e. The Balaban J connectivity index is 1.81. The van der Waals surface area contributed by atoms with Crippen LogP contribution in [0.4, 0.5) is 0 Å². The lowest BCUT2D eigenvalue weighted by Crippen LogP contribution is -2.32. The molecule has 0 aromatic rings. The molecule has 2 unspecified atom stereocenters. The molecule has 2 fully saturated rings. The lowest BCUT2D eigenvalue weighted by Gasteiger charge is -2.19. The van der Waals surface area contributed by atoms with Gasteiger partial charge in [-0.1, -0.05) is 13.8 Å². The Morgan fingerprint density at radius 3 is 2.46 bits per heavy atom. The van der Waals surface area contributed by atoms with Crippen molar-refractivity contribution >= 4 is 5.97 Å². The molecule has 0 bridgehead atoms. The molecule has 0 radical (unpaired) electrons. The van der Waals surface area contributed by atoms with Crippen molar-refractivity contribution in [1.82, 2.24) is 4.90 Å². The van der Waals surface area contributed by atoms with Crippen molar-refractivity contribution in [3.05, 3.63) is 0 Å². The normalized spacial score (nSPS) is 35.6. The maximum absolute atomic E-state index is 11.0. The fraction of sp³-hybridized carbons (Fsp3) is 0.900. The van der Waals surface area contributed by atoms with Crippen LogP contribution in [0.3, 0.4) is 0 Å². The van der Waals surface area contributed by atoms with E-state index in [0.717, 1.165) is 24.9 Å². The van der Waals surface area contributed by atoms with Gasteiger partial charge in [-0.2, -0.15) is 0 Å². The molecule has 1 aliphatic heterocycles. The number of hydrogen-bond acceptors (Lipinski definition) is 3. The molecule has 1 heterocycles. The molecule has 0 aromatic heterocycles. The summed E-state index contributed by atoms with van der Waals surface area (Å²) in [5, 5.41) is 0. The Kier molecular flexibility index (Phi) is 1.88. The molecule has 74 valence electrons. The second-order valence-corrected chi connectivity index (χ2v) is 4.80. The Morgan fingerprint density at radius 2 is 2.00 bits per heavy atom. The molecular weight excluding hydrogens is 166 g/mol. The number of nitrogens with zero attached hydrogens (tertiary/aromatic N) is 1. The molecular formula is C10H17NO2. The summed E-state index contributed by atoms with van der Waals surface area (Å²) < 4.78 is 4.63. The van der Waals surface area contributed by atoms with Crippen molar-refractivity contribution in [2.75, 3.05) is 26.7 Å². The summed E-state index contributed by atoms with van der Waals surface area (Å²) in [4.78, 5) is 13.2. The van der Waals surface area contributed by atoms with E-state index in [0.29, 0.717) is 12.0 Å². The maximum Gasteiger partial charge on any atom is 0.319 e. The standard InChI is InChI=1S/C10H17NO2/c1-10(2)7-4-11(5-8(7)10)6-9(12)13-3/h7-8H,4-6H2,1-3H3. The first-order chi connectivity index (χ1) is 6.05. The van der Waals surface area contributed by atoms with Crippen molar-refractivity contribution in [3.8, 4) is 0 Å². The molecule has 0 spiro atoms. The van der Waals surface area contributed by atoms with Gasteiger partial charge in [0.1, 0.15) is 0 Å². The summed E-state index contributed by atoms with van der Waals surface area (Å²) in [5.41, 5.74) is 0.534. The first-order valence-electron chi connectivity index (χ1n) is 4.85. The zero-order valence-corrected chi connectivity index (χ0v) is 8.54. The van der Waals surface area contributed by atoms with Gasteiger partial charge in [-0.05, 0) is 17.3 Å². The number of carbonyl (C=O) groups excluding carboxylic acids is 1. The summed E-state index contributed by atoms with van der Waals surface area (Å²) >= 11 is 0. The molecule has 2 atom stereocenters. The molecule has 1 saturated carbocycles. The minimum absolute atomic E-state index is 0.112. The van der Waals surface area contributed by atoms with Gasteiger partial charge in [0.2, 0.25) is 0 Å². The van der Waals surface area contributed by atoms with Gasteiger partial charge in [0, 0.05) is 13.1 Å². The van der Waals surface area contributed by atoms with Crippen LogP contribution in [0.1, 0.15) is 13.8 Å². The summed E-state index contributed by atoms with van der Waals surface area (Å²) in [6.07, 6.45) is 0. The van der Waals surface area contributed by atoms with Crippen LogP contribution in [-0.4, -0.2) is 37.6 Å². The molecule has 2 aliphatic rings. The quantitative estimate of drug-likeness (QED) is 0.592. The molecule has 13 heavy (non-hydrogen) atoms. The van der Waals surface area contributed by atoms with E-state index in [4.69, 9.17) is 0 Å². The van der Waals surface area contributed by atoms with E-state index < -0.39 is 0 Å². The largest absolute Gasteiger partial charge is 0.468 e. The van der Waals surface area contributed by atoms with Crippen molar-refractivity contribution in [2.24, 2.45) is 17.3 Å². The van der Waals surface area contributed by atoms with Crippen molar-refractivity contribution < 1.29 is 9.53 Å². The highest BCUT2D eigenvalue weighted by molar-refractivity contribution is 5.71. The third-order valence-electron chi connectivity index (χ3n) is 3.78. The van der Waals surface area contributed by atoms with Gasteiger partial charge < -0.3 is 4.74 Å². The fourth-order valence-electron chi connectivity index (χ4n) is 2.59. The third kappa shape index (κ3) is 1.35. The Morgan fingerprint density at radius 1 is 1.46 bits per heavy atom. The van der Waals surface area contributed by atoms with Crippen LogP contribution in [-0.2, 0) is 9.53 Å². The number of methoxy groups -OCH3 is 1. The monoisotopic (exact) mass is 183 g/mol. The van der Waals surface area contributed by atoms with Crippen molar-refractivity contribution in [3.63, 3.8) is 0 Å². The van der Waals surface area contributed by atoms with Gasteiger partial charge in [0.05, 0.1) is 13.7 Å². The van der Waals surface area contributed by atoms with E-state index in [1.165, 1.54) is 7.11 Å². The van der Waals surface area contributed by atoms with Crippen LogP contribution in [0.15, 0.2) is 0 Å². The average Bonchev–Trinajstić information content (AvgIpc) is 2.54. The second-order valence-electron chi connectivity index (χ2n) is 4.80. The predicted molar refractivity (Wildman–Crippen MR) is 49.2 cm³/mol. The van der Waals surface area contributed by atoms with Gasteiger partial charge in [-0.25, -0.2) is 0 Å². The van der Waals surface area contributed by atoms with Crippen molar-refractivity contribution in [2.45, 2.75) is 13.8 Å². The van der Waals surface area contributed by atoms with Crippen LogP contribution in [0.25, 0.3) is 0 Å². The van der Waals surface area contributed by atoms with Crippen LogP contribution in [0.2, 0.25) is 0 Å². The van der Waals surface area contributed by atoms with Crippen molar-refractivity contribution in [1.29, 1.82) is 0 Å². The summed E-state index contributed by atoms with van der Waals surface area (Å²) in [6.45, 7) is 7.26. The van der Waals surface area contributed by atoms with Gasteiger partial charge in [0.15, 0.2) is 0 Å². The predicted octanol–water partition coefficient (Wildman–Crippen LogP) is 0.747. The van der Waals surface area contributed by atoms with Crippen LogP contribution >= 0.6 is 0 Å². The number of esters is 1. The summed E-state index contributed by atoms with van der Waals surface area (Å²) in [7, 11) is 1.45. The number of ether oxygens (including phenoxy) is 1. The molecule has 1 saturated heterocycles. The maximum atomic E-state index is 11.0. The van der Waals surface area contributed by atoms with Crippen LogP contribution < -0.4 is 0 Å². The Hall–Kier alpha value is -0.570. The van der Waals surface area contributed by atoms with Gasteiger partial charge in [0.25, 0.3) is 0 Å². The lowest BCUT2D eigenvalue weighted by atomic mass is 10.1. The van der Waals surface area contributed by atoms with Gasteiger partial charge >= 0.3 is 5.97 Å². The van der Waals surface area contributed by atoms with Crippen LogP contribution in [0, 0.1) is 17.3 Å². The van der Waals surface area contributed by atoms with E-state index in [2.05, 4.69) is 23.5 Å². The lowest BCUT2D eigenvalue weighted by molar-refractivity contribution is -0.141. The molecule has 2 rings (SSSR count).